The van der Waals surface area contributed by atoms with Crippen LogP contribution in [0.4, 0.5) is 11.5 Å². The molecule has 3 rings (SSSR count). The van der Waals surface area contributed by atoms with Crippen LogP contribution in [0.2, 0.25) is 0 Å². The number of rotatable bonds is 8. The van der Waals surface area contributed by atoms with Crippen LogP contribution in [0.15, 0.2) is 30.3 Å². The quantitative estimate of drug-likeness (QED) is 0.665. The van der Waals surface area contributed by atoms with E-state index < -0.39 is 0 Å². The SMILES string of the molecule is CSCc1cc(N2CCOCC2)nc(-c2ccc(NC(=O)CCNC(C)=O)cc2)n1. The molecule has 2 N–H and O–H groups in total. The van der Waals surface area contributed by atoms with Gasteiger partial charge in [-0.2, -0.15) is 11.8 Å². The van der Waals surface area contributed by atoms with Crippen molar-refractivity contribution in [2.24, 2.45) is 0 Å². The molecule has 1 aliphatic heterocycles. The van der Waals surface area contributed by atoms with E-state index in [-0.39, 0.29) is 18.2 Å². The number of hydrogen-bond acceptors (Lipinski definition) is 7. The van der Waals surface area contributed by atoms with Gasteiger partial charge in [0.1, 0.15) is 5.82 Å². The molecular formula is C21H27N5O3S. The van der Waals surface area contributed by atoms with Crippen LogP contribution in [-0.2, 0) is 20.1 Å². The molecule has 0 bridgehead atoms. The molecule has 1 fully saturated rings. The van der Waals surface area contributed by atoms with Crippen molar-refractivity contribution in [3.63, 3.8) is 0 Å². The first kappa shape index (κ1) is 22.0. The lowest BCUT2D eigenvalue weighted by atomic mass is 10.2. The Morgan fingerprint density at radius 3 is 2.57 bits per heavy atom. The molecule has 0 unspecified atom stereocenters. The summed E-state index contributed by atoms with van der Waals surface area (Å²) in [5, 5.41) is 5.44. The van der Waals surface area contributed by atoms with Gasteiger partial charge in [-0.15, -0.1) is 0 Å². The van der Waals surface area contributed by atoms with Crippen LogP contribution in [0.5, 0.6) is 0 Å². The van der Waals surface area contributed by atoms with E-state index in [0.717, 1.165) is 35.9 Å². The van der Waals surface area contributed by atoms with E-state index in [1.165, 1.54) is 6.92 Å². The van der Waals surface area contributed by atoms with E-state index in [1.54, 1.807) is 11.8 Å². The predicted octanol–water partition coefficient (Wildman–Crippen LogP) is 2.31. The third kappa shape index (κ3) is 6.43. The summed E-state index contributed by atoms with van der Waals surface area (Å²) in [6, 6.07) is 9.54. The number of carbonyl (C=O) groups excluding carboxylic acids is 2. The summed E-state index contributed by atoms with van der Waals surface area (Å²) in [7, 11) is 0. The maximum atomic E-state index is 12.0. The molecule has 0 radical (unpaired) electrons. The van der Waals surface area contributed by atoms with Crippen LogP contribution in [0.25, 0.3) is 11.4 Å². The van der Waals surface area contributed by atoms with Crippen LogP contribution < -0.4 is 15.5 Å². The van der Waals surface area contributed by atoms with Crippen molar-refractivity contribution in [1.29, 1.82) is 0 Å². The molecule has 8 nitrogen and oxygen atoms in total. The average Bonchev–Trinajstić information content (AvgIpc) is 2.74. The van der Waals surface area contributed by atoms with Gasteiger partial charge in [-0.1, -0.05) is 0 Å². The van der Waals surface area contributed by atoms with Gasteiger partial charge in [0.25, 0.3) is 0 Å². The average molecular weight is 430 g/mol. The summed E-state index contributed by atoms with van der Waals surface area (Å²) >= 11 is 1.72. The van der Waals surface area contributed by atoms with E-state index in [4.69, 9.17) is 14.7 Å². The van der Waals surface area contributed by atoms with Crippen molar-refractivity contribution in [3.05, 3.63) is 36.0 Å². The highest BCUT2D eigenvalue weighted by molar-refractivity contribution is 7.97. The minimum atomic E-state index is -0.149. The molecule has 0 atom stereocenters. The first-order valence-corrected chi connectivity index (χ1v) is 11.3. The molecule has 2 heterocycles. The first-order chi connectivity index (χ1) is 14.5. The van der Waals surface area contributed by atoms with Gasteiger partial charge >= 0.3 is 0 Å². The summed E-state index contributed by atoms with van der Waals surface area (Å²) in [4.78, 5) is 34.6. The van der Waals surface area contributed by atoms with E-state index in [0.29, 0.717) is 31.3 Å². The van der Waals surface area contributed by atoms with E-state index >= 15 is 0 Å². The molecule has 30 heavy (non-hydrogen) atoms. The zero-order valence-corrected chi connectivity index (χ0v) is 18.1. The summed E-state index contributed by atoms with van der Waals surface area (Å²) in [5.74, 6) is 2.11. The lowest BCUT2D eigenvalue weighted by molar-refractivity contribution is -0.119. The minimum Gasteiger partial charge on any atom is -0.378 e. The molecule has 160 valence electrons. The molecular weight excluding hydrogens is 402 g/mol. The number of thioether (sulfide) groups is 1. The van der Waals surface area contributed by atoms with Crippen molar-refractivity contribution < 1.29 is 14.3 Å². The topological polar surface area (TPSA) is 96.5 Å². The Labute approximate surface area is 180 Å². The molecule has 9 heteroatoms. The maximum Gasteiger partial charge on any atom is 0.226 e. The van der Waals surface area contributed by atoms with Gasteiger partial charge in [0, 0.05) is 56.0 Å². The van der Waals surface area contributed by atoms with Gasteiger partial charge in [0.05, 0.1) is 18.9 Å². The molecule has 0 saturated carbocycles. The van der Waals surface area contributed by atoms with Crippen LogP contribution in [-0.4, -0.2) is 60.9 Å². The number of morpholine rings is 1. The first-order valence-electron chi connectivity index (χ1n) is 9.89. The lowest BCUT2D eigenvalue weighted by Gasteiger charge is -2.28. The summed E-state index contributed by atoms with van der Waals surface area (Å²) < 4.78 is 5.45. The fraction of sp³-hybridized carbons (Fsp3) is 0.429. The number of nitrogens with zero attached hydrogens (tertiary/aromatic N) is 3. The second-order valence-corrected chi connectivity index (χ2v) is 7.80. The van der Waals surface area contributed by atoms with Crippen LogP contribution in [0.1, 0.15) is 19.0 Å². The Bertz CT molecular complexity index is 869. The number of anilines is 2. The molecule has 0 aliphatic carbocycles. The van der Waals surface area contributed by atoms with Gasteiger partial charge < -0.3 is 20.3 Å². The van der Waals surface area contributed by atoms with Crippen molar-refractivity contribution in [2.75, 3.05) is 49.3 Å². The summed E-state index contributed by atoms with van der Waals surface area (Å²) in [6.45, 7) is 4.79. The monoisotopic (exact) mass is 429 g/mol. The van der Waals surface area contributed by atoms with Crippen molar-refractivity contribution in [1.82, 2.24) is 15.3 Å². The second kappa shape index (κ2) is 10.9. The highest BCUT2D eigenvalue weighted by Crippen LogP contribution is 2.24. The lowest BCUT2D eigenvalue weighted by Crippen LogP contribution is -2.37. The standard InChI is InChI=1S/C21H27N5O3S/c1-15(27)22-8-7-20(28)23-17-5-3-16(4-6-17)21-24-18(14-30-2)13-19(25-21)26-9-11-29-12-10-26/h3-6,13H,7-12,14H2,1-2H3,(H,22,27)(H,23,28). The third-order valence-corrected chi connectivity index (χ3v) is 5.13. The highest BCUT2D eigenvalue weighted by atomic mass is 32.2. The van der Waals surface area contributed by atoms with Crippen LogP contribution in [0, 0.1) is 0 Å². The van der Waals surface area contributed by atoms with Crippen molar-refractivity contribution in [3.8, 4) is 11.4 Å². The molecule has 1 aromatic carbocycles. The largest absolute Gasteiger partial charge is 0.378 e. The smallest absolute Gasteiger partial charge is 0.226 e. The second-order valence-electron chi connectivity index (χ2n) is 6.93. The number of amides is 2. The van der Waals surface area contributed by atoms with E-state index in [9.17, 15) is 9.59 Å². The van der Waals surface area contributed by atoms with E-state index in [2.05, 4.69) is 27.9 Å². The highest BCUT2D eigenvalue weighted by Gasteiger charge is 2.16. The molecule has 1 aromatic heterocycles. The number of nitrogens with one attached hydrogen (secondary N) is 2. The normalized spacial score (nSPS) is 13.7. The van der Waals surface area contributed by atoms with Gasteiger partial charge in [-0.3, -0.25) is 9.59 Å². The zero-order chi connectivity index (χ0) is 21.3. The van der Waals surface area contributed by atoms with Gasteiger partial charge in [-0.05, 0) is 30.5 Å². The van der Waals surface area contributed by atoms with Crippen molar-refractivity contribution >= 4 is 35.1 Å². The Morgan fingerprint density at radius 1 is 1.17 bits per heavy atom. The number of ether oxygens (including phenoxy) is 1. The number of carbonyl (C=O) groups is 2. The fourth-order valence-corrected chi connectivity index (χ4v) is 3.51. The van der Waals surface area contributed by atoms with Crippen LogP contribution in [0.3, 0.4) is 0 Å². The predicted molar refractivity (Wildman–Crippen MR) is 120 cm³/mol. The molecule has 0 spiro atoms. The van der Waals surface area contributed by atoms with Gasteiger partial charge in [0.2, 0.25) is 11.8 Å². The number of benzene rings is 1. The Balaban J connectivity index is 1.72. The molecule has 2 aromatic rings. The minimum absolute atomic E-state index is 0.146. The molecule has 1 saturated heterocycles. The fourth-order valence-electron chi connectivity index (χ4n) is 3.07. The Hall–Kier alpha value is -2.65. The maximum absolute atomic E-state index is 12.0. The zero-order valence-electron chi connectivity index (χ0n) is 17.3. The van der Waals surface area contributed by atoms with Crippen molar-refractivity contribution in [2.45, 2.75) is 19.1 Å². The van der Waals surface area contributed by atoms with Crippen LogP contribution >= 0.6 is 11.8 Å². The Morgan fingerprint density at radius 2 is 1.90 bits per heavy atom. The number of hydrogen-bond donors (Lipinski definition) is 2. The molecule has 1 aliphatic rings. The molecule has 2 amide bonds. The summed E-state index contributed by atoms with van der Waals surface area (Å²) in [5.41, 5.74) is 2.58. The number of aromatic nitrogens is 2. The van der Waals surface area contributed by atoms with E-state index in [1.807, 2.05) is 24.3 Å². The van der Waals surface area contributed by atoms with Gasteiger partial charge in [-0.25, -0.2) is 9.97 Å². The summed E-state index contributed by atoms with van der Waals surface area (Å²) in [6.07, 6.45) is 2.28. The van der Waals surface area contributed by atoms with Gasteiger partial charge in [0.15, 0.2) is 5.82 Å². The third-order valence-electron chi connectivity index (χ3n) is 4.55. The Kier molecular flexibility index (Phi) is 8.04.